The second kappa shape index (κ2) is 29.8. The van der Waals surface area contributed by atoms with Crippen LogP contribution in [0.3, 0.4) is 0 Å². The molecular weight excluding hydrogens is 823 g/mol. The first-order valence-electron chi connectivity index (χ1n) is 23.3. The zero-order valence-corrected chi connectivity index (χ0v) is 41.2. The number of likely N-dealkylation sites (tertiary alicyclic amines) is 1. The lowest BCUT2D eigenvalue weighted by Crippen LogP contribution is -2.60. The minimum Gasteiger partial charge on any atom is -0.462 e. The lowest BCUT2D eigenvalue weighted by molar-refractivity contribution is -0.151. The van der Waals surface area contributed by atoms with Gasteiger partial charge in [-0.1, -0.05) is 85.2 Å². The average Bonchev–Trinajstić information content (AvgIpc) is 3.75. The fraction of sp³-hybridized carbons (Fsp3) is 0.771. The van der Waals surface area contributed by atoms with Crippen LogP contribution in [0.1, 0.15) is 93.6 Å². The van der Waals surface area contributed by atoms with Crippen molar-refractivity contribution in [3.8, 4) is 0 Å². The number of likely N-dealkylation sites (N-methyl/N-ethyl adjacent to an activating group) is 1. The van der Waals surface area contributed by atoms with E-state index < -0.39 is 60.2 Å². The molecule has 1 heterocycles. The van der Waals surface area contributed by atoms with Crippen molar-refractivity contribution in [2.45, 2.75) is 143 Å². The van der Waals surface area contributed by atoms with Crippen LogP contribution in [0.25, 0.3) is 0 Å². The molecule has 0 bridgehead atoms. The van der Waals surface area contributed by atoms with E-state index in [9.17, 15) is 24.0 Å². The number of hydrogen-bond donors (Lipinski definition) is 3. The van der Waals surface area contributed by atoms with Gasteiger partial charge in [0.05, 0.1) is 75.7 Å². The Labute approximate surface area is 383 Å². The molecule has 1 aromatic carbocycles. The number of esters is 1. The zero-order valence-electron chi connectivity index (χ0n) is 41.2. The van der Waals surface area contributed by atoms with Gasteiger partial charge in [0.1, 0.15) is 18.7 Å². The summed E-state index contributed by atoms with van der Waals surface area (Å²) in [7, 11) is 6.57. The molecule has 4 amide bonds. The van der Waals surface area contributed by atoms with E-state index in [1.54, 1.807) is 18.9 Å². The van der Waals surface area contributed by atoms with E-state index in [4.69, 9.17) is 28.4 Å². The molecule has 64 heavy (non-hydrogen) atoms. The van der Waals surface area contributed by atoms with Gasteiger partial charge in [-0.05, 0) is 57.1 Å². The molecule has 1 fully saturated rings. The van der Waals surface area contributed by atoms with Gasteiger partial charge < -0.3 is 49.3 Å². The molecule has 1 saturated heterocycles. The quantitative estimate of drug-likeness (QED) is 0.0721. The summed E-state index contributed by atoms with van der Waals surface area (Å²) in [4.78, 5) is 73.3. The minimum atomic E-state index is -0.981. The highest BCUT2D eigenvalue weighted by atomic mass is 16.6. The molecule has 0 unspecified atom stereocenters. The summed E-state index contributed by atoms with van der Waals surface area (Å²) in [5.41, 5.74) is 0.844. The smallest absolute Gasteiger partial charge is 0.329 e. The molecule has 3 N–H and O–H groups in total. The molecule has 0 aliphatic carbocycles. The average molecular weight is 906 g/mol. The fourth-order valence-electron chi connectivity index (χ4n) is 8.21. The number of amides is 4. The fourth-order valence-corrected chi connectivity index (χ4v) is 8.21. The number of hydrogen-bond acceptors (Lipinski definition) is 12. The third kappa shape index (κ3) is 18.0. The summed E-state index contributed by atoms with van der Waals surface area (Å²) in [6.07, 6.45) is 0.830. The number of benzene rings is 1. The highest BCUT2D eigenvalue weighted by Gasteiger charge is 2.42. The second-order valence-corrected chi connectivity index (χ2v) is 18.0. The van der Waals surface area contributed by atoms with Gasteiger partial charge in [0.25, 0.3) is 0 Å². The van der Waals surface area contributed by atoms with E-state index in [2.05, 4.69) is 16.0 Å². The van der Waals surface area contributed by atoms with Crippen molar-refractivity contribution in [3.63, 3.8) is 0 Å². The van der Waals surface area contributed by atoms with Gasteiger partial charge in [-0.2, -0.15) is 0 Å². The number of ether oxygens (including phenoxy) is 6. The van der Waals surface area contributed by atoms with E-state index in [0.29, 0.717) is 52.2 Å². The molecule has 0 aromatic heterocycles. The monoisotopic (exact) mass is 906 g/mol. The molecule has 2 rings (SSSR count). The van der Waals surface area contributed by atoms with Crippen molar-refractivity contribution in [2.24, 2.45) is 23.7 Å². The summed E-state index contributed by atoms with van der Waals surface area (Å²) in [6.45, 7) is 19.9. The number of nitrogens with one attached hydrogen (secondary N) is 3. The van der Waals surface area contributed by atoms with Gasteiger partial charge >= 0.3 is 5.97 Å². The third-order valence-corrected chi connectivity index (χ3v) is 12.4. The molecule has 16 heteroatoms. The first-order valence-corrected chi connectivity index (χ1v) is 23.3. The van der Waals surface area contributed by atoms with Crippen LogP contribution in [0, 0.1) is 23.7 Å². The summed E-state index contributed by atoms with van der Waals surface area (Å²) < 4.78 is 33.4. The molecule has 9 atom stereocenters. The number of rotatable bonds is 31. The number of methoxy groups -OCH3 is 3. The topological polar surface area (TPSA) is 183 Å². The lowest BCUT2D eigenvalue weighted by atomic mass is 9.90. The van der Waals surface area contributed by atoms with Crippen LogP contribution in [0.15, 0.2) is 30.3 Å². The molecule has 0 spiro atoms. The Morgan fingerprint density at radius 3 is 1.94 bits per heavy atom. The van der Waals surface area contributed by atoms with Crippen LogP contribution in [0.5, 0.6) is 0 Å². The molecule has 1 aromatic rings. The Hall–Kier alpha value is -3.67. The molecular formula is C48H83N5O11. The van der Waals surface area contributed by atoms with Crippen LogP contribution in [-0.2, 0) is 58.8 Å². The van der Waals surface area contributed by atoms with E-state index in [1.807, 2.05) is 97.7 Å². The maximum Gasteiger partial charge on any atom is 0.329 e. The van der Waals surface area contributed by atoms with Crippen LogP contribution in [0.2, 0.25) is 0 Å². The van der Waals surface area contributed by atoms with Crippen molar-refractivity contribution >= 4 is 29.6 Å². The summed E-state index contributed by atoms with van der Waals surface area (Å²) >= 11 is 0. The Kier molecular flexibility index (Phi) is 26.3. The summed E-state index contributed by atoms with van der Waals surface area (Å²) in [5.74, 6) is -2.75. The predicted octanol–water partition coefficient (Wildman–Crippen LogP) is 4.02. The van der Waals surface area contributed by atoms with Crippen molar-refractivity contribution in [1.82, 2.24) is 25.8 Å². The van der Waals surface area contributed by atoms with Gasteiger partial charge in [0.2, 0.25) is 23.6 Å². The SMILES string of the molecule is CC[C@H](C)[C@H](NC(=O)[C@@H](NC(=O)[C@H](C(C)C)N(C)C(C)C)C(C)C)[C@@H](CC(=O)N1CCC[C@H]1[C@H](OC)[C@@H](C)C(=O)N[C@@H](Cc1ccccc1)C(=O)OCCOCCOCCOC)OC. The third-order valence-electron chi connectivity index (χ3n) is 12.4. The van der Waals surface area contributed by atoms with E-state index in [0.717, 1.165) is 5.56 Å². The highest BCUT2D eigenvalue weighted by molar-refractivity contribution is 5.90. The number of carbonyl (C=O) groups excluding carboxylic acids is 5. The van der Waals surface area contributed by atoms with Crippen molar-refractivity contribution < 1.29 is 52.4 Å². The number of nitrogens with zero attached hydrogens (tertiary/aromatic N) is 2. The molecule has 0 radical (unpaired) electrons. The molecule has 0 saturated carbocycles. The van der Waals surface area contributed by atoms with Crippen LogP contribution in [-0.4, -0.2) is 162 Å². The molecule has 366 valence electrons. The maximum atomic E-state index is 14.3. The largest absolute Gasteiger partial charge is 0.462 e. The van der Waals surface area contributed by atoms with Gasteiger partial charge in [-0.3, -0.25) is 24.1 Å². The van der Waals surface area contributed by atoms with E-state index >= 15 is 0 Å². The first kappa shape index (κ1) is 56.5. The molecule has 1 aliphatic rings. The molecule has 16 nitrogen and oxygen atoms in total. The van der Waals surface area contributed by atoms with Gasteiger partial charge in [-0.25, -0.2) is 4.79 Å². The normalized spacial score (nSPS) is 18.0. The van der Waals surface area contributed by atoms with Crippen molar-refractivity contribution in [3.05, 3.63) is 35.9 Å². The van der Waals surface area contributed by atoms with Crippen LogP contribution >= 0.6 is 0 Å². The van der Waals surface area contributed by atoms with E-state index in [1.165, 1.54) is 14.2 Å². The Bertz CT molecular complexity index is 1530. The van der Waals surface area contributed by atoms with Crippen molar-refractivity contribution in [2.75, 3.05) is 74.6 Å². The molecule has 1 aliphatic heterocycles. The minimum absolute atomic E-state index is 0.00134. The summed E-state index contributed by atoms with van der Waals surface area (Å²) in [5, 5.41) is 9.14. The Balaban J connectivity index is 2.20. The second-order valence-electron chi connectivity index (χ2n) is 18.0. The van der Waals surface area contributed by atoms with Crippen molar-refractivity contribution in [1.29, 1.82) is 0 Å². The van der Waals surface area contributed by atoms with Crippen LogP contribution < -0.4 is 16.0 Å². The predicted molar refractivity (Wildman–Crippen MR) is 246 cm³/mol. The van der Waals surface area contributed by atoms with E-state index in [-0.39, 0.29) is 67.6 Å². The van der Waals surface area contributed by atoms with Gasteiger partial charge in [0, 0.05) is 40.3 Å². The highest BCUT2D eigenvalue weighted by Crippen LogP contribution is 2.29. The van der Waals surface area contributed by atoms with Crippen LogP contribution in [0.4, 0.5) is 0 Å². The van der Waals surface area contributed by atoms with Gasteiger partial charge in [0.15, 0.2) is 0 Å². The first-order chi connectivity index (χ1) is 30.4. The lowest BCUT2D eigenvalue weighted by Gasteiger charge is -2.37. The number of carbonyl (C=O) groups is 5. The Morgan fingerprint density at radius 1 is 0.766 bits per heavy atom. The van der Waals surface area contributed by atoms with Gasteiger partial charge in [-0.15, -0.1) is 0 Å². The zero-order chi connectivity index (χ0) is 47.9. The standard InChI is InChI=1S/C48H83N5O11/c1-14-34(8)42(51-46(56)41(31(2)3)50-47(57)43(32(4)5)52(10)33(6)7)39(60-12)30-40(54)53-22-18-21-38(53)44(61-13)35(9)45(55)49-37(29-36-19-16-15-17-20-36)48(58)64-28-27-63-26-25-62-24-23-59-11/h15-17,19-20,31-35,37-39,41-44H,14,18,21-30H2,1-13H3,(H,49,55)(H,50,57)(H,51,56)/t34-,35+,37-,38-,39+,41-,42-,43-,44+/m0/s1. The maximum absolute atomic E-state index is 14.3. The summed E-state index contributed by atoms with van der Waals surface area (Å²) in [6, 6.07) is 6.30. The Morgan fingerprint density at radius 2 is 1.39 bits per heavy atom.